The van der Waals surface area contributed by atoms with Crippen LogP contribution in [0.5, 0.6) is 5.75 Å². The number of sulfonamides is 1. The van der Waals surface area contributed by atoms with Gasteiger partial charge in [0.05, 0.1) is 18.0 Å². The lowest BCUT2D eigenvalue weighted by Gasteiger charge is -2.28. The molecule has 1 N–H and O–H groups in total. The lowest BCUT2D eigenvalue weighted by Crippen LogP contribution is -2.48. The molecule has 1 amide bonds. The Kier molecular flexibility index (Phi) is 8.92. The molecule has 0 spiro atoms. The highest BCUT2D eigenvalue weighted by atomic mass is 32.2. The van der Waals surface area contributed by atoms with Gasteiger partial charge in [0.1, 0.15) is 11.8 Å². The number of hydrogen-bond acceptors (Lipinski definition) is 4. The van der Waals surface area contributed by atoms with Gasteiger partial charge in [0, 0.05) is 6.54 Å². The summed E-state index contributed by atoms with van der Waals surface area (Å²) >= 11 is 0. The van der Waals surface area contributed by atoms with Crippen molar-refractivity contribution < 1.29 is 17.9 Å². The highest BCUT2D eigenvalue weighted by Gasteiger charge is 2.28. The monoisotopic (exact) mass is 446 g/mol. The van der Waals surface area contributed by atoms with Crippen molar-refractivity contribution in [3.8, 4) is 5.75 Å². The van der Waals surface area contributed by atoms with Crippen LogP contribution in [0.2, 0.25) is 0 Å². The number of carbonyl (C=O) groups is 1. The zero-order valence-electron chi connectivity index (χ0n) is 19.1. The molecule has 170 valence electrons. The van der Waals surface area contributed by atoms with Crippen molar-refractivity contribution >= 4 is 21.6 Å². The van der Waals surface area contributed by atoms with Crippen LogP contribution in [-0.4, -0.2) is 39.3 Å². The minimum absolute atomic E-state index is 0.138. The van der Waals surface area contributed by atoms with Crippen molar-refractivity contribution in [1.29, 1.82) is 0 Å². The molecule has 0 aromatic heterocycles. The van der Waals surface area contributed by atoms with Crippen LogP contribution >= 0.6 is 0 Å². The van der Waals surface area contributed by atoms with Gasteiger partial charge in [0.2, 0.25) is 15.9 Å². The van der Waals surface area contributed by atoms with Crippen molar-refractivity contribution in [2.24, 2.45) is 0 Å². The van der Waals surface area contributed by atoms with Crippen LogP contribution in [0.3, 0.4) is 0 Å². The average molecular weight is 447 g/mol. The van der Waals surface area contributed by atoms with E-state index < -0.39 is 16.1 Å². The zero-order chi connectivity index (χ0) is 23.0. The molecular formula is C24H34N2O4S. The standard InChI is InChI=1S/C24H34N2O4S/c1-6-20-9-13-22(14-10-20)26(31(5,28)29)19(4)24(27)25-17-7-8-21-11-15-23(16-12-21)30-18(2)3/h9-16,18-19H,6-8,17H2,1-5H3,(H,25,27)/t19-/m0/s1. The highest BCUT2D eigenvalue weighted by Crippen LogP contribution is 2.22. The van der Waals surface area contributed by atoms with Gasteiger partial charge in [-0.15, -0.1) is 0 Å². The molecule has 0 radical (unpaired) electrons. The summed E-state index contributed by atoms with van der Waals surface area (Å²) in [5, 5.41) is 2.87. The Morgan fingerprint density at radius 3 is 2.10 bits per heavy atom. The number of anilines is 1. The third kappa shape index (κ3) is 7.58. The quantitative estimate of drug-likeness (QED) is 0.531. The third-order valence-corrected chi connectivity index (χ3v) is 6.17. The number of aryl methyl sites for hydroxylation is 2. The number of hydrogen-bond donors (Lipinski definition) is 1. The number of amides is 1. The second-order valence-corrected chi connectivity index (χ2v) is 9.82. The number of nitrogens with one attached hydrogen (secondary N) is 1. The average Bonchev–Trinajstić information content (AvgIpc) is 2.71. The summed E-state index contributed by atoms with van der Waals surface area (Å²) < 4.78 is 31.6. The topological polar surface area (TPSA) is 75.7 Å². The van der Waals surface area contributed by atoms with Crippen LogP contribution in [0, 0.1) is 0 Å². The van der Waals surface area contributed by atoms with Crippen molar-refractivity contribution in [3.63, 3.8) is 0 Å². The maximum Gasteiger partial charge on any atom is 0.243 e. The maximum absolute atomic E-state index is 12.7. The third-order valence-electron chi connectivity index (χ3n) is 4.92. The van der Waals surface area contributed by atoms with Crippen LogP contribution in [0.4, 0.5) is 5.69 Å². The van der Waals surface area contributed by atoms with Crippen molar-refractivity contribution in [2.75, 3.05) is 17.1 Å². The molecule has 0 aliphatic rings. The van der Waals surface area contributed by atoms with Gasteiger partial charge in [0.25, 0.3) is 0 Å². The number of benzene rings is 2. The Balaban J connectivity index is 1.91. The van der Waals surface area contributed by atoms with Crippen LogP contribution in [-0.2, 0) is 27.7 Å². The zero-order valence-corrected chi connectivity index (χ0v) is 19.9. The number of carbonyl (C=O) groups excluding carboxylic acids is 1. The lowest BCUT2D eigenvalue weighted by molar-refractivity contribution is -0.121. The summed E-state index contributed by atoms with van der Waals surface area (Å²) in [5.41, 5.74) is 2.76. The Hall–Kier alpha value is -2.54. The van der Waals surface area contributed by atoms with E-state index >= 15 is 0 Å². The molecule has 2 aromatic rings. The number of nitrogens with zero attached hydrogens (tertiary/aromatic N) is 1. The van der Waals surface area contributed by atoms with Crippen LogP contribution < -0.4 is 14.4 Å². The van der Waals surface area contributed by atoms with Gasteiger partial charge in [-0.05, 0) is 75.4 Å². The van der Waals surface area contributed by atoms with Gasteiger partial charge in [-0.1, -0.05) is 31.2 Å². The van der Waals surface area contributed by atoms with E-state index in [2.05, 4.69) is 5.32 Å². The van der Waals surface area contributed by atoms with Crippen molar-refractivity contribution in [2.45, 2.75) is 59.1 Å². The molecule has 0 fully saturated rings. The van der Waals surface area contributed by atoms with Crippen LogP contribution in [0.15, 0.2) is 48.5 Å². The summed E-state index contributed by atoms with van der Waals surface area (Å²) in [7, 11) is -3.61. The predicted molar refractivity (Wildman–Crippen MR) is 126 cm³/mol. The first-order chi connectivity index (χ1) is 14.6. The van der Waals surface area contributed by atoms with E-state index in [1.165, 1.54) is 4.31 Å². The van der Waals surface area contributed by atoms with Crippen LogP contribution in [0.1, 0.15) is 45.2 Å². The fourth-order valence-corrected chi connectivity index (χ4v) is 4.52. The molecular weight excluding hydrogens is 412 g/mol. The van der Waals surface area contributed by atoms with Gasteiger partial charge >= 0.3 is 0 Å². The van der Waals surface area contributed by atoms with E-state index in [0.717, 1.165) is 42.4 Å². The summed E-state index contributed by atoms with van der Waals surface area (Å²) in [6, 6.07) is 14.4. The first-order valence-corrected chi connectivity index (χ1v) is 12.6. The van der Waals surface area contributed by atoms with Gasteiger partial charge < -0.3 is 10.1 Å². The van der Waals surface area contributed by atoms with Crippen molar-refractivity contribution in [3.05, 3.63) is 59.7 Å². The Morgan fingerprint density at radius 2 is 1.58 bits per heavy atom. The molecule has 0 heterocycles. The molecule has 2 rings (SSSR count). The maximum atomic E-state index is 12.7. The Morgan fingerprint density at radius 1 is 1.00 bits per heavy atom. The van der Waals surface area contributed by atoms with E-state index in [1.807, 2.05) is 57.2 Å². The minimum atomic E-state index is -3.61. The molecule has 0 aliphatic carbocycles. The van der Waals surface area contributed by atoms with E-state index in [0.29, 0.717) is 12.2 Å². The molecule has 0 saturated heterocycles. The second kappa shape index (κ2) is 11.2. The minimum Gasteiger partial charge on any atom is -0.491 e. The summed E-state index contributed by atoms with van der Waals surface area (Å²) in [4.78, 5) is 12.7. The number of rotatable bonds is 11. The first-order valence-electron chi connectivity index (χ1n) is 10.7. The molecule has 0 saturated carbocycles. The van der Waals surface area contributed by atoms with Crippen molar-refractivity contribution in [1.82, 2.24) is 5.32 Å². The molecule has 7 heteroatoms. The first kappa shape index (κ1) is 24.7. The molecule has 31 heavy (non-hydrogen) atoms. The van der Waals surface area contributed by atoms with Gasteiger partial charge in [-0.2, -0.15) is 0 Å². The fourth-order valence-electron chi connectivity index (χ4n) is 3.35. The van der Waals surface area contributed by atoms with E-state index in [-0.39, 0.29) is 12.0 Å². The molecule has 2 aromatic carbocycles. The summed E-state index contributed by atoms with van der Waals surface area (Å²) in [6.07, 6.45) is 3.69. The normalized spacial score (nSPS) is 12.5. The molecule has 1 atom stereocenters. The fraction of sp³-hybridized carbons (Fsp3) is 0.458. The van der Waals surface area contributed by atoms with E-state index in [4.69, 9.17) is 4.74 Å². The summed E-state index contributed by atoms with van der Waals surface area (Å²) in [6.45, 7) is 8.09. The Bertz CT molecular complexity index is 939. The van der Waals surface area contributed by atoms with E-state index in [9.17, 15) is 13.2 Å². The molecule has 0 aliphatic heterocycles. The lowest BCUT2D eigenvalue weighted by atomic mass is 10.1. The molecule has 0 bridgehead atoms. The highest BCUT2D eigenvalue weighted by molar-refractivity contribution is 7.92. The smallest absolute Gasteiger partial charge is 0.243 e. The van der Waals surface area contributed by atoms with Gasteiger partial charge in [0.15, 0.2) is 0 Å². The van der Waals surface area contributed by atoms with Gasteiger partial charge in [-0.25, -0.2) is 8.42 Å². The molecule has 6 nitrogen and oxygen atoms in total. The molecule has 0 unspecified atom stereocenters. The predicted octanol–water partition coefficient (Wildman–Crippen LogP) is 3.94. The van der Waals surface area contributed by atoms with Crippen LogP contribution in [0.25, 0.3) is 0 Å². The number of ether oxygens (including phenoxy) is 1. The SMILES string of the molecule is CCc1ccc(N([C@@H](C)C(=O)NCCCc2ccc(OC(C)C)cc2)S(C)(=O)=O)cc1. The van der Waals surface area contributed by atoms with E-state index in [1.54, 1.807) is 19.1 Å². The second-order valence-electron chi connectivity index (χ2n) is 7.96. The summed E-state index contributed by atoms with van der Waals surface area (Å²) in [5.74, 6) is 0.527. The Labute approximate surface area is 186 Å². The largest absolute Gasteiger partial charge is 0.491 e. The van der Waals surface area contributed by atoms with Gasteiger partial charge in [-0.3, -0.25) is 9.10 Å².